The summed E-state index contributed by atoms with van der Waals surface area (Å²) in [7, 11) is 0. The minimum absolute atomic E-state index is 0.0198. The fourth-order valence-corrected chi connectivity index (χ4v) is 3.74. The molecule has 2 heterocycles. The summed E-state index contributed by atoms with van der Waals surface area (Å²) in [4.78, 5) is 28.7. The first kappa shape index (κ1) is 15.6. The van der Waals surface area contributed by atoms with Crippen molar-refractivity contribution in [3.05, 3.63) is 0 Å². The van der Waals surface area contributed by atoms with E-state index >= 15 is 0 Å². The van der Waals surface area contributed by atoms with Crippen molar-refractivity contribution in [2.75, 3.05) is 39.4 Å². The number of carbonyl (C=O) groups excluding carboxylic acids is 2. The minimum Gasteiger partial charge on any atom is -0.378 e. The van der Waals surface area contributed by atoms with Gasteiger partial charge in [-0.2, -0.15) is 0 Å². The van der Waals surface area contributed by atoms with E-state index in [9.17, 15) is 9.59 Å². The van der Waals surface area contributed by atoms with Crippen LogP contribution in [0.25, 0.3) is 0 Å². The molecule has 0 aromatic carbocycles. The summed E-state index contributed by atoms with van der Waals surface area (Å²) in [5.41, 5.74) is 0. The maximum Gasteiger partial charge on any atom is 0.317 e. The van der Waals surface area contributed by atoms with Crippen LogP contribution in [0.4, 0.5) is 4.79 Å². The minimum atomic E-state index is -0.0406. The second-order valence-electron chi connectivity index (χ2n) is 6.65. The molecule has 1 atom stereocenters. The van der Waals surface area contributed by atoms with Crippen molar-refractivity contribution in [3.63, 3.8) is 0 Å². The smallest absolute Gasteiger partial charge is 0.317 e. The second-order valence-corrected chi connectivity index (χ2v) is 6.65. The van der Waals surface area contributed by atoms with Crippen molar-refractivity contribution in [3.8, 4) is 0 Å². The highest BCUT2D eigenvalue weighted by Crippen LogP contribution is 2.21. The third-order valence-electron chi connectivity index (χ3n) is 5.06. The third-order valence-corrected chi connectivity index (χ3v) is 5.06. The van der Waals surface area contributed by atoms with Gasteiger partial charge in [0, 0.05) is 32.2 Å². The van der Waals surface area contributed by atoms with Gasteiger partial charge in [0.15, 0.2) is 0 Å². The highest BCUT2D eigenvalue weighted by molar-refractivity contribution is 5.81. The van der Waals surface area contributed by atoms with E-state index in [2.05, 4.69) is 5.32 Å². The third kappa shape index (κ3) is 3.72. The molecule has 2 aliphatic heterocycles. The topological polar surface area (TPSA) is 61.9 Å². The molecule has 124 valence electrons. The average molecular weight is 309 g/mol. The van der Waals surface area contributed by atoms with Crippen LogP contribution in [0.2, 0.25) is 0 Å². The van der Waals surface area contributed by atoms with E-state index in [1.807, 2.05) is 9.80 Å². The first-order valence-corrected chi connectivity index (χ1v) is 8.66. The molecule has 2 saturated heterocycles. The van der Waals surface area contributed by atoms with Crippen LogP contribution in [-0.4, -0.2) is 67.2 Å². The van der Waals surface area contributed by atoms with Gasteiger partial charge in [0.2, 0.25) is 5.91 Å². The number of hydrogen-bond donors (Lipinski definition) is 1. The largest absolute Gasteiger partial charge is 0.378 e. The predicted molar refractivity (Wildman–Crippen MR) is 82.5 cm³/mol. The van der Waals surface area contributed by atoms with Gasteiger partial charge in [-0.25, -0.2) is 4.79 Å². The summed E-state index contributed by atoms with van der Waals surface area (Å²) < 4.78 is 5.30. The molecule has 0 spiro atoms. The summed E-state index contributed by atoms with van der Waals surface area (Å²) >= 11 is 0. The molecule has 3 amide bonds. The van der Waals surface area contributed by atoms with Crippen LogP contribution in [0.1, 0.15) is 38.5 Å². The molecule has 1 N–H and O–H groups in total. The number of hydrogen-bond acceptors (Lipinski definition) is 3. The summed E-state index contributed by atoms with van der Waals surface area (Å²) in [5, 5.41) is 3.13. The van der Waals surface area contributed by atoms with Crippen molar-refractivity contribution in [1.29, 1.82) is 0 Å². The van der Waals surface area contributed by atoms with E-state index in [-0.39, 0.29) is 17.9 Å². The molecule has 3 fully saturated rings. The van der Waals surface area contributed by atoms with Crippen LogP contribution < -0.4 is 5.32 Å². The first-order chi connectivity index (χ1) is 10.7. The lowest BCUT2D eigenvalue weighted by molar-refractivity contribution is -0.141. The standard InChI is InChI=1S/C16H27N3O3/c20-15(18-8-10-22-11-9-18)13-4-3-7-19(12-13)16(21)17-14-5-1-2-6-14/h13-14H,1-12H2,(H,17,21)/t13-/m1/s1. The Bertz CT molecular complexity index is 403. The molecule has 0 radical (unpaired) electrons. The lowest BCUT2D eigenvalue weighted by atomic mass is 9.96. The van der Waals surface area contributed by atoms with Gasteiger partial charge in [0.05, 0.1) is 19.1 Å². The number of nitrogens with zero attached hydrogens (tertiary/aromatic N) is 2. The summed E-state index contributed by atoms with van der Waals surface area (Å²) in [5.74, 6) is 0.155. The molecule has 0 aromatic rings. The molecule has 6 heteroatoms. The van der Waals surface area contributed by atoms with Gasteiger partial charge in [0.25, 0.3) is 0 Å². The Balaban J connectivity index is 1.51. The van der Waals surface area contributed by atoms with Crippen LogP contribution in [0.15, 0.2) is 0 Å². The van der Waals surface area contributed by atoms with Crippen molar-refractivity contribution >= 4 is 11.9 Å². The van der Waals surface area contributed by atoms with E-state index in [1.165, 1.54) is 12.8 Å². The van der Waals surface area contributed by atoms with Gasteiger partial charge >= 0.3 is 6.03 Å². The molecule has 1 saturated carbocycles. The van der Waals surface area contributed by atoms with Gasteiger partial charge in [-0.15, -0.1) is 0 Å². The Kier molecular flexibility index (Phi) is 5.18. The number of carbonyl (C=O) groups is 2. The normalized spacial score (nSPS) is 27.0. The van der Waals surface area contributed by atoms with Crippen molar-refractivity contribution in [1.82, 2.24) is 15.1 Å². The Morgan fingerprint density at radius 2 is 1.64 bits per heavy atom. The van der Waals surface area contributed by atoms with Crippen molar-refractivity contribution in [2.45, 2.75) is 44.6 Å². The molecule has 3 aliphatic rings. The Morgan fingerprint density at radius 3 is 2.36 bits per heavy atom. The molecular formula is C16H27N3O3. The number of likely N-dealkylation sites (tertiary alicyclic amines) is 1. The molecule has 6 nitrogen and oxygen atoms in total. The molecular weight excluding hydrogens is 282 g/mol. The van der Waals surface area contributed by atoms with E-state index in [0.717, 1.165) is 32.2 Å². The van der Waals surface area contributed by atoms with Crippen LogP contribution in [0.3, 0.4) is 0 Å². The number of ether oxygens (including phenoxy) is 1. The van der Waals surface area contributed by atoms with Crippen molar-refractivity contribution in [2.24, 2.45) is 5.92 Å². The second kappa shape index (κ2) is 7.31. The van der Waals surface area contributed by atoms with E-state index < -0.39 is 0 Å². The maximum absolute atomic E-state index is 12.6. The lowest BCUT2D eigenvalue weighted by Gasteiger charge is -2.36. The number of nitrogens with one attached hydrogen (secondary N) is 1. The summed E-state index contributed by atoms with van der Waals surface area (Å²) in [6, 6.07) is 0.356. The predicted octanol–water partition coefficient (Wildman–Crippen LogP) is 1.21. The molecule has 0 unspecified atom stereocenters. The zero-order chi connectivity index (χ0) is 15.4. The van der Waals surface area contributed by atoms with E-state index in [0.29, 0.717) is 38.9 Å². The molecule has 3 rings (SSSR count). The highest BCUT2D eigenvalue weighted by atomic mass is 16.5. The fraction of sp³-hybridized carbons (Fsp3) is 0.875. The SMILES string of the molecule is O=C(NC1CCCC1)N1CCC[C@@H](C(=O)N2CCOCC2)C1. The number of morpholine rings is 1. The average Bonchev–Trinajstić information content (AvgIpc) is 3.08. The van der Waals surface area contributed by atoms with E-state index in [4.69, 9.17) is 4.74 Å². The van der Waals surface area contributed by atoms with Gasteiger partial charge in [0.1, 0.15) is 0 Å². The lowest BCUT2D eigenvalue weighted by Crippen LogP contribution is -2.52. The molecule has 22 heavy (non-hydrogen) atoms. The zero-order valence-electron chi connectivity index (χ0n) is 13.3. The molecule has 0 aromatic heterocycles. The zero-order valence-corrected chi connectivity index (χ0v) is 13.3. The number of amides is 3. The Hall–Kier alpha value is -1.30. The molecule has 0 bridgehead atoms. The maximum atomic E-state index is 12.6. The highest BCUT2D eigenvalue weighted by Gasteiger charge is 2.32. The summed E-state index contributed by atoms with van der Waals surface area (Å²) in [6.45, 7) is 3.96. The monoisotopic (exact) mass is 309 g/mol. The summed E-state index contributed by atoms with van der Waals surface area (Å²) in [6.07, 6.45) is 6.42. The van der Waals surface area contributed by atoms with Crippen LogP contribution >= 0.6 is 0 Å². The number of rotatable bonds is 2. The first-order valence-electron chi connectivity index (χ1n) is 8.66. The van der Waals surface area contributed by atoms with Gasteiger partial charge in [-0.05, 0) is 25.7 Å². The van der Waals surface area contributed by atoms with Gasteiger partial charge in [-0.3, -0.25) is 4.79 Å². The van der Waals surface area contributed by atoms with Gasteiger partial charge < -0.3 is 19.9 Å². The van der Waals surface area contributed by atoms with E-state index in [1.54, 1.807) is 0 Å². The number of piperidine rings is 1. The fourth-order valence-electron chi connectivity index (χ4n) is 3.74. The Morgan fingerprint density at radius 1 is 0.909 bits per heavy atom. The number of urea groups is 1. The van der Waals surface area contributed by atoms with Crippen LogP contribution in [-0.2, 0) is 9.53 Å². The molecule has 1 aliphatic carbocycles. The van der Waals surface area contributed by atoms with Crippen molar-refractivity contribution < 1.29 is 14.3 Å². The van der Waals surface area contributed by atoms with Gasteiger partial charge in [-0.1, -0.05) is 12.8 Å². The quantitative estimate of drug-likeness (QED) is 0.834. The van der Waals surface area contributed by atoms with Crippen LogP contribution in [0, 0.1) is 5.92 Å². The Labute approximate surface area is 132 Å². The van der Waals surface area contributed by atoms with Crippen LogP contribution in [0.5, 0.6) is 0 Å².